The number of nitro groups is 1. The van der Waals surface area contributed by atoms with Gasteiger partial charge in [0.1, 0.15) is 11.3 Å². The average Bonchev–Trinajstić information content (AvgIpc) is 2.54. The van der Waals surface area contributed by atoms with Crippen LogP contribution >= 0.6 is 27.5 Å². The number of alkyl halides is 3. The van der Waals surface area contributed by atoms with Gasteiger partial charge in [0.05, 0.1) is 15.6 Å². The van der Waals surface area contributed by atoms with Crippen LogP contribution in [0.5, 0.6) is 5.75 Å². The zero-order valence-corrected chi connectivity index (χ0v) is 15.0. The zero-order valence-electron chi connectivity index (χ0n) is 12.6. The molecular weight excluding hydrogens is 445 g/mol. The van der Waals surface area contributed by atoms with Crippen LogP contribution in [-0.4, -0.2) is 17.4 Å². The van der Waals surface area contributed by atoms with E-state index in [0.29, 0.717) is 10.5 Å². The summed E-state index contributed by atoms with van der Waals surface area (Å²) in [6.45, 7) is -0.743. The van der Waals surface area contributed by atoms with Gasteiger partial charge in [0.2, 0.25) is 0 Å². The second-order valence-corrected chi connectivity index (χ2v) is 6.22. The second-order valence-electron chi connectivity index (χ2n) is 4.90. The summed E-state index contributed by atoms with van der Waals surface area (Å²) in [5.41, 5.74) is -1.83. The van der Waals surface area contributed by atoms with Crippen LogP contribution in [0.4, 0.5) is 24.5 Å². The van der Waals surface area contributed by atoms with Crippen LogP contribution < -0.4 is 10.1 Å². The number of anilines is 1. The third kappa shape index (κ3) is 5.09. The first-order valence-corrected chi connectivity index (χ1v) is 7.98. The Bertz CT molecular complexity index is 861. The molecule has 1 N–H and O–H groups in total. The van der Waals surface area contributed by atoms with Crippen LogP contribution in [0, 0.1) is 10.1 Å². The lowest BCUT2D eigenvalue weighted by Gasteiger charge is -2.14. The minimum Gasteiger partial charge on any atom is -0.483 e. The minimum absolute atomic E-state index is 0.221. The number of nitrogens with zero attached hydrogens (tertiary/aromatic N) is 1. The molecule has 11 heteroatoms. The van der Waals surface area contributed by atoms with E-state index in [1.54, 1.807) is 6.07 Å². The van der Waals surface area contributed by atoms with Gasteiger partial charge in [-0.05, 0) is 24.3 Å². The van der Waals surface area contributed by atoms with E-state index in [9.17, 15) is 28.1 Å². The molecule has 0 saturated heterocycles. The molecule has 0 unspecified atom stereocenters. The van der Waals surface area contributed by atoms with Crippen molar-refractivity contribution >= 4 is 44.8 Å². The van der Waals surface area contributed by atoms with E-state index >= 15 is 0 Å². The highest BCUT2D eigenvalue weighted by atomic mass is 79.9. The maximum atomic E-state index is 13.0. The molecule has 0 spiro atoms. The summed E-state index contributed by atoms with van der Waals surface area (Å²) in [5.74, 6) is -1.44. The van der Waals surface area contributed by atoms with Crippen molar-refractivity contribution in [2.45, 2.75) is 6.18 Å². The fourth-order valence-corrected chi connectivity index (χ4v) is 2.62. The molecule has 2 rings (SSSR count). The van der Waals surface area contributed by atoms with Gasteiger partial charge < -0.3 is 10.1 Å². The lowest BCUT2D eigenvalue weighted by atomic mass is 10.1. The SMILES string of the molecule is O=C(COc1ccc([N+](=O)[O-])cc1C(F)(F)F)Nc1ccc(Br)cc1Cl. The van der Waals surface area contributed by atoms with Gasteiger partial charge in [0.15, 0.2) is 6.61 Å². The van der Waals surface area contributed by atoms with E-state index in [4.69, 9.17) is 16.3 Å². The Balaban J connectivity index is 2.13. The van der Waals surface area contributed by atoms with Crippen molar-refractivity contribution in [1.82, 2.24) is 0 Å². The lowest BCUT2D eigenvalue weighted by molar-refractivity contribution is -0.385. The Morgan fingerprint density at radius 1 is 1.27 bits per heavy atom. The highest BCUT2D eigenvalue weighted by molar-refractivity contribution is 9.10. The molecule has 2 aromatic carbocycles. The monoisotopic (exact) mass is 452 g/mol. The van der Waals surface area contributed by atoms with Crippen molar-refractivity contribution in [2.75, 3.05) is 11.9 Å². The number of benzene rings is 2. The standard InChI is InChI=1S/C15H9BrClF3N2O4/c16-8-1-3-12(11(17)5-8)21-14(23)7-26-13-4-2-9(22(24)25)6-10(13)15(18,19)20/h1-6H,7H2,(H,21,23). The normalized spacial score (nSPS) is 11.1. The first-order chi connectivity index (χ1) is 12.1. The van der Waals surface area contributed by atoms with Gasteiger partial charge in [-0.25, -0.2) is 0 Å². The summed E-state index contributed by atoms with van der Waals surface area (Å²) in [5, 5.41) is 13.2. The number of rotatable bonds is 5. The van der Waals surface area contributed by atoms with E-state index in [2.05, 4.69) is 21.2 Å². The molecule has 0 bridgehead atoms. The molecule has 0 aromatic heterocycles. The number of halogens is 5. The molecule has 26 heavy (non-hydrogen) atoms. The first kappa shape index (κ1) is 20.0. The molecule has 6 nitrogen and oxygen atoms in total. The summed E-state index contributed by atoms with van der Waals surface area (Å²) in [6, 6.07) is 6.63. The van der Waals surface area contributed by atoms with Gasteiger partial charge in [0.25, 0.3) is 11.6 Å². The number of non-ortho nitro benzene ring substituents is 1. The van der Waals surface area contributed by atoms with E-state index in [1.807, 2.05) is 0 Å². The van der Waals surface area contributed by atoms with Crippen molar-refractivity contribution in [2.24, 2.45) is 0 Å². The topological polar surface area (TPSA) is 81.5 Å². The molecule has 0 aliphatic rings. The van der Waals surface area contributed by atoms with Gasteiger partial charge in [-0.15, -0.1) is 0 Å². The minimum atomic E-state index is -4.88. The second kappa shape index (κ2) is 7.92. The lowest BCUT2D eigenvalue weighted by Crippen LogP contribution is -2.21. The number of nitro benzene ring substituents is 1. The van der Waals surface area contributed by atoms with Crippen molar-refractivity contribution < 1.29 is 27.6 Å². The van der Waals surface area contributed by atoms with Crippen LogP contribution in [0.3, 0.4) is 0 Å². The van der Waals surface area contributed by atoms with Crippen LogP contribution in [0.25, 0.3) is 0 Å². The summed E-state index contributed by atoms with van der Waals surface area (Å²) in [4.78, 5) is 21.5. The number of hydrogen-bond acceptors (Lipinski definition) is 4. The van der Waals surface area contributed by atoms with Crippen LogP contribution in [0.15, 0.2) is 40.9 Å². The Labute approximate surface area is 158 Å². The molecule has 0 aliphatic heterocycles. The largest absolute Gasteiger partial charge is 0.483 e. The molecule has 0 fully saturated rings. The van der Waals surface area contributed by atoms with E-state index in [-0.39, 0.29) is 10.7 Å². The van der Waals surface area contributed by atoms with Crippen molar-refractivity contribution in [3.8, 4) is 5.75 Å². The molecule has 1 amide bonds. The summed E-state index contributed by atoms with van der Waals surface area (Å²) >= 11 is 9.11. The van der Waals surface area contributed by atoms with E-state index in [1.165, 1.54) is 12.1 Å². The maximum Gasteiger partial charge on any atom is 0.420 e. The van der Waals surface area contributed by atoms with Crippen LogP contribution in [0.2, 0.25) is 5.02 Å². The quantitative estimate of drug-likeness (QED) is 0.508. The fraction of sp³-hybridized carbons (Fsp3) is 0.133. The predicted molar refractivity (Wildman–Crippen MR) is 91.4 cm³/mol. The highest BCUT2D eigenvalue weighted by Gasteiger charge is 2.36. The van der Waals surface area contributed by atoms with Crippen LogP contribution in [0.1, 0.15) is 5.56 Å². The third-order valence-corrected chi connectivity index (χ3v) is 3.85. The highest BCUT2D eigenvalue weighted by Crippen LogP contribution is 2.38. The Hall–Kier alpha value is -2.33. The molecule has 0 saturated carbocycles. The molecule has 0 heterocycles. The van der Waals surface area contributed by atoms with Gasteiger partial charge in [0, 0.05) is 16.6 Å². The van der Waals surface area contributed by atoms with Crippen LogP contribution in [-0.2, 0) is 11.0 Å². The zero-order chi connectivity index (χ0) is 19.5. The smallest absolute Gasteiger partial charge is 0.420 e. The molecule has 0 radical (unpaired) electrons. The molecule has 0 aliphatic carbocycles. The number of carbonyl (C=O) groups excluding carboxylic acids is 1. The van der Waals surface area contributed by atoms with Crippen molar-refractivity contribution in [1.29, 1.82) is 0 Å². The molecular formula is C15H9BrClF3N2O4. The maximum absolute atomic E-state index is 13.0. The molecule has 138 valence electrons. The number of amides is 1. The molecule has 2 aromatic rings. The fourth-order valence-electron chi connectivity index (χ4n) is 1.90. The summed E-state index contributed by atoms with van der Waals surface area (Å²) in [7, 11) is 0. The molecule has 0 atom stereocenters. The van der Waals surface area contributed by atoms with Gasteiger partial charge >= 0.3 is 6.18 Å². The summed E-state index contributed by atoms with van der Waals surface area (Å²) < 4.78 is 44.7. The van der Waals surface area contributed by atoms with Gasteiger partial charge in [-0.3, -0.25) is 14.9 Å². The predicted octanol–water partition coefficient (Wildman–Crippen LogP) is 5.05. The van der Waals surface area contributed by atoms with Crippen molar-refractivity contribution in [3.63, 3.8) is 0 Å². The first-order valence-electron chi connectivity index (χ1n) is 6.81. The average molecular weight is 454 g/mol. The van der Waals surface area contributed by atoms with Gasteiger partial charge in [-0.1, -0.05) is 27.5 Å². The number of nitrogens with one attached hydrogen (secondary N) is 1. The Morgan fingerprint density at radius 2 is 1.96 bits per heavy atom. The Kier molecular flexibility index (Phi) is 6.09. The number of hydrogen-bond donors (Lipinski definition) is 1. The number of ether oxygens (including phenoxy) is 1. The van der Waals surface area contributed by atoms with Crippen molar-refractivity contribution in [3.05, 3.63) is 61.6 Å². The van der Waals surface area contributed by atoms with E-state index in [0.717, 1.165) is 12.1 Å². The third-order valence-electron chi connectivity index (χ3n) is 3.04. The number of carbonyl (C=O) groups is 1. The van der Waals surface area contributed by atoms with Gasteiger partial charge in [-0.2, -0.15) is 13.2 Å². The van der Waals surface area contributed by atoms with E-state index < -0.39 is 40.6 Å². The summed E-state index contributed by atoms with van der Waals surface area (Å²) in [6.07, 6.45) is -4.88. The Morgan fingerprint density at radius 3 is 2.54 bits per heavy atom.